The van der Waals surface area contributed by atoms with E-state index in [2.05, 4.69) is 16.8 Å². The fourth-order valence-electron chi connectivity index (χ4n) is 3.17. The molecule has 1 fully saturated rings. The number of carbonyl (C=O) groups is 1. The van der Waals surface area contributed by atoms with Crippen molar-refractivity contribution in [3.8, 4) is 0 Å². The van der Waals surface area contributed by atoms with Gasteiger partial charge < -0.3 is 14.6 Å². The van der Waals surface area contributed by atoms with Gasteiger partial charge in [-0.1, -0.05) is 11.6 Å². The Morgan fingerprint density at radius 1 is 1.17 bits per heavy atom. The average Bonchev–Trinajstić information content (AvgIpc) is 2.55. The van der Waals surface area contributed by atoms with Crippen molar-refractivity contribution >= 4 is 16.9 Å². The number of aromatic nitrogens is 1. The van der Waals surface area contributed by atoms with Gasteiger partial charge >= 0.3 is 5.97 Å². The first kappa shape index (κ1) is 16.7. The van der Waals surface area contributed by atoms with Crippen molar-refractivity contribution < 1.29 is 9.90 Å². The van der Waals surface area contributed by atoms with Gasteiger partial charge in [-0.25, -0.2) is 4.79 Å². The van der Waals surface area contributed by atoms with Gasteiger partial charge in [-0.3, -0.25) is 9.69 Å². The van der Waals surface area contributed by atoms with E-state index in [9.17, 15) is 14.7 Å². The van der Waals surface area contributed by atoms with Crippen LogP contribution in [0, 0.1) is 6.92 Å². The molecule has 1 aromatic carbocycles. The van der Waals surface area contributed by atoms with E-state index in [4.69, 9.17) is 0 Å². The molecule has 24 heavy (non-hydrogen) atoms. The lowest BCUT2D eigenvalue weighted by atomic mass is 10.1. The number of hydrogen-bond acceptors (Lipinski definition) is 4. The normalized spacial score (nSPS) is 16.6. The minimum atomic E-state index is -1.17. The molecule has 0 bridgehead atoms. The summed E-state index contributed by atoms with van der Waals surface area (Å²) < 4.78 is 1.90. The van der Waals surface area contributed by atoms with Crippen LogP contribution in [-0.4, -0.2) is 65.2 Å². The van der Waals surface area contributed by atoms with Crippen LogP contribution < -0.4 is 5.43 Å². The van der Waals surface area contributed by atoms with Crippen LogP contribution in [0.25, 0.3) is 10.9 Å². The van der Waals surface area contributed by atoms with Crippen LogP contribution in [0.1, 0.15) is 15.9 Å². The van der Waals surface area contributed by atoms with E-state index < -0.39 is 11.4 Å². The van der Waals surface area contributed by atoms with Gasteiger partial charge in [0, 0.05) is 50.9 Å². The molecule has 2 aromatic rings. The molecule has 0 unspecified atom stereocenters. The lowest BCUT2D eigenvalue weighted by Crippen LogP contribution is -2.45. The van der Waals surface area contributed by atoms with Crippen molar-refractivity contribution in [1.82, 2.24) is 14.4 Å². The maximum absolute atomic E-state index is 12.4. The van der Waals surface area contributed by atoms with E-state index in [0.29, 0.717) is 11.9 Å². The van der Waals surface area contributed by atoms with E-state index in [1.807, 2.05) is 23.6 Å². The Morgan fingerprint density at radius 2 is 1.88 bits per heavy atom. The van der Waals surface area contributed by atoms with Crippen LogP contribution in [0.3, 0.4) is 0 Å². The Kier molecular flexibility index (Phi) is 4.69. The van der Waals surface area contributed by atoms with Crippen LogP contribution in [0.5, 0.6) is 0 Å². The summed E-state index contributed by atoms with van der Waals surface area (Å²) in [6, 6.07) is 5.63. The Hall–Kier alpha value is -2.18. The SMILES string of the molecule is Cc1ccc2c(c1)c(=O)c(C(=O)O)cn2CCN1CCN(C)CC1. The van der Waals surface area contributed by atoms with Crippen LogP contribution in [0.4, 0.5) is 0 Å². The summed E-state index contributed by atoms with van der Waals surface area (Å²) in [6.45, 7) is 7.54. The van der Waals surface area contributed by atoms with Crippen LogP contribution in [0.2, 0.25) is 0 Å². The van der Waals surface area contributed by atoms with Crippen molar-refractivity contribution in [2.45, 2.75) is 13.5 Å². The molecule has 1 N–H and O–H groups in total. The molecule has 2 heterocycles. The summed E-state index contributed by atoms with van der Waals surface area (Å²) in [7, 11) is 2.12. The highest BCUT2D eigenvalue weighted by Gasteiger charge is 2.17. The standard InChI is InChI=1S/C18H23N3O3/c1-13-3-4-16-14(11-13)17(22)15(18(23)24)12-21(16)10-9-20-7-5-19(2)6-8-20/h3-4,11-12H,5-10H2,1-2H3,(H,23,24). The molecule has 3 rings (SSSR count). The zero-order chi connectivity index (χ0) is 17.3. The lowest BCUT2D eigenvalue weighted by Gasteiger charge is -2.32. The number of hydrogen-bond donors (Lipinski definition) is 1. The van der Waals surface area contributed by atoms with Crippen molar-refractivity contribution in [1.29, 1.82) is 0 Å². The Bertz CT molecular complexity index is 820. The zero-order valence-electron chi connectivity index (χ0n) is 14.2. The number of aryl methyl sites for hydroxylation is 1. The number of likely N-dealkylation sites (N-methyl/N-ethyl adjacent to an activating group) is 1. The zero-order valence-corrected chi connectivity index (χ0v) is 14.2. The van der Waals surface area contributed by atoms with E-state index in [0.717, 1.165) is 43.8 Å². The first-order valence-electron chi connectivity index (χ1n) is 8.23. The molecular weight excluding hydrogens is 306 g/mol. The minimum Gasteiger partial charge on any atom is -0.477 e. The molecule has 6 heteroatoms. The fraction of sp³-hybridized carbons (Fsp3) is 0.444. The van der Waals surface area contributed by atoms with E-state index in [1.165, 1.54) is 6.20 Å². The van der Waals surface area contributed by atoms with Crippen molar-refractivity contribution in [3.05, 3.63) is 45.7 Å². The number of aromatic carboxylic acids is 1. The third kappa shape index (κ3) is 3.34. The first-order chi connectivity index (χ1) is 11.5. The average molecular weight is 329 g/mol. The first-order valence-corrected chi connectivity index (χ1v) is 8.23. The number of benzene rings is 1. The van der Waals surface area contributed by atoms with Gasteiger partial charge in [-0.15, -0.1) is 0 Å². The van der Waals surface area contributed by atoms with Crippen molar-refractivity contribution in [3.63, 3.8) is 0 Å². The monoisotopic (exact) mass is 329 g/mol. The molecule has 1 aliphatic rings. The van der Waals surface area contributed by atoms with Crippen LogP contribution in [-0.2, 0) is 6.54 Å². The molecule has 0 radical (unpaired) electrons. The molecule has 0 saturated carbocycles. The Balaban J connectivity index is 1.93. The maximum Gasteiger partial charge on any atom is 0.341 e. The maximum atomic E-state index is 12.4. The van der Waals surface area contributed by atoms with E-state index in [1.54, 1.807) is 6.07 Å². The topological polar surface area (TPSA) is 65.8 Å². The number of pyridine rings is 1. The molecule has 128 valence electrons. The highest BCUT2D eigenvalue weighted by atomic mass is 16.4. The van der Waals surface area contributed by atoms with Gasteiger partial charge in [0.05, 0.1) is 5.52 Å². The number of fused-ring (bicyclic) bond motifs is 1. The summed E-state index contributed by atoms with van der Waals surface area (Å²) in [5, 5.41) is 9.82. The third-order valence-electron chi connectivity index (χ3n) is 4.72. The molecule has 0 amide bonds. The summed E-state index contributed by atoms with van der Waals surface area (Å²) in [5.74, 6) is -1.17. The predicted octanol–water partition coefficient (Wildman–Crippen LogP) is 1.26. The number of piperazine rings is 1. The summed E-state index contributed by atoms with van der Waals surface area (Å²) in [5.41, 5.74) is 1.18. The second-order valence-corrected chi connectivity index (χ2v) is 6.54. The quantitative estimate of drug-likeness (QED) is 0.915. The van der Waals surface area contributed by atoms with Crippen molar-refractivity contribution in [2.24, 2.45) is 0 Å². The van der Waals surface area contributed by atoms with E-state index >= 15 is 0 Å². The molecule has 0 atom stereocenters. The molecule has 1 saturated heterocycles. The van der Waals surface area contributed by atoms with Crippen LogP contribution in [0.15, 0.2) is 29.2 Å². The predicted molar refractivity (Wildman–Crippen MR) is 93.8 cm³/mol. The minimum absolute atomic E-state index is 0.161. The Labute approximate surface area is 140 Å². The summed E-state index contributed by atoms with van der Waals surface area (Å²) >= 11 is 0. The van der Waals surface area contributed by atoms with Gasteiger partial charge in [-0.05, 0) is 26.1 Å². The highest BCUT2D eigenvalue weighted by Crippen LogP contribution is 2.15. The molecule has 0 aliphatic carbocycles. The molecule has 1 aliphatic heterocycles. The molecule has 0 spiro atoms. The smallest absolute Gasteiger partial charge is 0.341 e. The van der Waals surface area contributed by atoms with Gasteiger partial charge in [0.25, 0.3) is 0 Å². The largest absolute Gasteiger partial charge is 0.477 e. The van der Waals surface area contributed by atoms with Gasteiger partial charge in [0.1, 0.15) is 5.56 Å². The number of carboxylic acids is 1. The Morgan fingerprint density at radius 3 is 2.54 bits per heavy atom. The molecule has 1 aromatic heterocycles. The van der Waals surface area contributed by atoms with Gasteiger partial charge in [0.2, 0.25) is 5.43 Å². The third-order valence-corrected chi connectivity index (χ3v) is 4.72. The van der Waals surface area contributed by atoms with E-state index in [-0.39, 0.29) is 5.56 Å². The summed E-state index contributed by atoms with van der Waals surface area (Å²) in [6.07, 6.45) is 1.48. The van der Waals surface area contributed by atoms with Gasteiger partial charge in [0.15, 0.2) is 0 Å². The number of rotatable bonds is 4. The van der Waals surface area contributed by atoms with Crippen LogP contribution >= 0.6 is 0 Å². The molecular formula is C18H23N3O3. The van der Waals surface area contributed by atoms with Gasteiger partial charge in [-0.2, -0.15) is 0 Å². The second kappa shape index (κ2) is 6.75. The number of carboxylic acid groups (broad SMARTS) is 1. The molecule has 6 nitrogen and oxygen atoms in total. The lowest BCUT2D eigenvalue weighted by molar-refractivity contribution is 0.0694. The number of nitrogens with zero attached hydrogens (tertiary/aromatic N) is 3. The highest BCUT2D eigenvalue weighted by molar-refractivity contribution is 5.92. The summed E-state index contributed by atoms with van der Waals surface area (Å²) in [4.78, 5) is 28.5. The second-order valence-electron chi connectivity index (χ2n) is 6.54. The fourth-order valence-corrected chi connectivity index (χ4v) is 3.17. The van der Waals surface area contributed by atoms with Crippen molar-refractivity contribution in [2.75, 3.05) is 39.8 Å².